The molecule has 1 fully saturated rings. The van der Waals surface area contributed by atoms with Gasteiger partial charge in [-0.2, -0.15) is 0 Å². The molecule has 0 heterocycles. The van der Waals surface area contributed by atoms with E-state index >= 15 is 0 Å². The first kappa shape index (κ1) is 21.5. The zero-order valence-corrected chi connectivity index (χ0v) is 15.7. The maximum Gasteiger partial charge on any atom is 0.330 e. The molecular formula is C20H26O6. The van der Waals surface area contributed by atoms with Crippen LogP contribution in [0.4, 0.5) is 0 Å². The molecule has 142 valence electrons. The molecule has 1 aliphatic carbocycles. The first-order valence-electron chi connectivity index (χ1n) is 8.53. The molecule has 0 radical (unpaired) electrons. The zero-order chi connectivity index (χ0) is 19.6. The van der Waals surface area contributed by atoms with Gasteiger partial charge in [0.25, 0.3) is 0 Å². The van der Waals surface area contributed by atoms with Crippen molar-refractivity contribution in [3.05, 3.63) is 24.3 Å². The summed E-state index contributed by atoms with van der Waals surface area (Å²) in [6.07, 6.45) is 8.07. The predicted molar refractivity (Wildman–Crippen MR) is 95.7 cm³/mol. The lowest BCUT2D eigenvalue weighted by atomic mass is 9.81. The van der Waals surface area contributed by atoms with Crippen molar-refractivity contribution in [3.63, 3.8) is 0 Å². The number of carbonyl (C=O) groups is 3. The van der Waals surface area contributed by atoms with E-state index in [0.29, 0.717) is 6.61 Å². The fraction of sp³-hybridized carbons (Fsp3) is 0.550. The Hall–Kier alpha value is -2.55. The van der Waals surface area contributed by atoms with E-state index in [1.165, 1.54) is 20.3 Å². The van der Waals surface area contributed by atoms with Gasteiger partial charge in [-0.15, -0.1) is 11.8 Å². The van der Waals surface area contributed by atoms with Crippen molar-refractivity contribution in [3.8, 4) is 11.8 Å². The Bertz CT molecular complexity index is 618. The predicted octanol–water partition coefficient (Wildman–Crippen LogP) is 2.43. The van der Waals surface area contributed by atoms with Gasteiger partial charge in [-0.05, 0) is 38.5 Å². The Labute approximate surface area is 154 Å². The number of methoxy groups -OCH3 is 2. The summed E-state index contributed by atoms with van der Waals surface area (Å²) < 4.78 is 14.5. The van der Waals surface area contributed by atoms with Crippen LogP contribution in [0.1, 0.15) is 33.1 Å². The van der Waals surface area contributed by atoms with Crippen LogP contribution in [-0.2, 0) is 28.6 Å². The SMILES string of the molecule is CC#CCC(C/C=C/[C@@H]1C[C@H]1/C=C/C(=O)OCC)(C(=O)OC)C(=O)OC. The average Bonchev–Trinajstić information content (AvgIpc) is 3.40. The summed E-state index contributed by atoms with van der Waals surface area (Å²) in [5.41, 5.74) is -1.46. The lowest BCUT2D eigenvalue weighted by molar-refractivity contribution is -0.168. The second kappa shape index (κ2) is 10.4. The lowest BCUT2D eigenvalue weighted by Gasteiger charge is -2.24. The molecule has 0 bridgehead atoms. The summed E-state index contributed by atoms with van der Waals surface area (Å²) >= 11 is 0. The Kier molecular flexibility index (Phi) is 8.63. The molecule has 1 rings (SSSR count). The van der Waals surface area contributed by atoms with Gasteiger partial charge < -0.3 is 14.2 Å². The quantitative estimate of drug-likeness (QED) is 0.157. The standard InChI is InChI=1S/C20H26O6/c1-5-7-12-20(18(22)24-3,19(23)25-4)13-8-9-15-14-16(15)10-11-17(21)26-6-2/h8-11,15-16H,6,12-14H2,1-4H3/b9-8+,11-10+/t15-,16-/m1/s1. The highest BCUT2D eigenvalue weighted by Gasteiger charge is 2.47. The number of allylic oxidation sites excluding steroid dienone is 3. The van der Waals surface area contributed by atoms with Crippen LogP contribution < -0.4 is 0 Å². The minimum atomic E-state index is -1.46. The third-order valence-electron chi connectivity index (χ3n) is 4.23. The first-order valence-corrected chi connectivity index (χ1v) is 8.53. The van der Waals surface area contributed by atoms with Crippen LogP contribution in [0, 0.1) is 29.1 Å². The number of hydrogen-bond donors (Lipinski definition) is 0. The summed E-state index contributed by atoms with van der Waals surface area (Å²) in [6.45, 7) is 3.74. The van der Waals surface area contributed by atoms with Gasteiger partial charge in [0, 0.05) is 12.5 Å². The van der Waals surface area contributed by atoms with Crippen LogP contribution in [0.3, 0.4) is 0 Å². The van der Waals surface area contributed by atoms with Crippen LogP contribution in [0.25, 0.3) is 0 Å². The van der Waals surface area contributed by atoms with E-state index < -0.39 is 17.4 Å². The molecule has 0 aromatic carbocycles. The first-order chi connectivity index (χ1) is 12.4. The van der Waals surface area contributed by atoms with Gasteiger partial charge >= 0.3 is 17.9 Å². The molecule has 26 heavy (non-hydrogen) atoms. The van der Waals surface area contributed by atoms with Crippen molar-refractivity contribution >= 4 is 17.9 Å². The van der Waals surface area contributed by atoms with Crippen molar-refractivity contribution in [1.82, 2.24) is 0 Å². The van der Waals surface area contributed by atoms with E-state index in [4.69, 9.17) is 14.2 Å². The molecule has 0 N–H and O–H groups in total. The number of carbonyl (C=O) groups excluding carboxylic acids is 3. The minimum absolute atomic E-state index is 0.0318. The average molecular weight is 362 g/mol. The molecule has 6 heteroatoms. The third kappa shape index (κ3) is 5.76. The largest absolute Gasteiger partial charge is 0.468 e. The fourth-order valence-corrected chi connectivity index (χ4v) is 2.61. The normalized spacial score (nSPS) is 18.9. The van der Waals surface area contributed by atoms with E-state index in [1.807, 2.05) is 12.2 Å². The third-order valence-corrected chi connectivity index (χ3v) is 4.23. The molecule has 0 aliphatic heterocycles. The Morgan fingerprint density at radius 3 is 2.27 bits per heavy atom. The maximum absolute atomic E-state index is 12.2. The smallest absolute Gasteiger partial charge is 0.330 e. The van der Waals surface area contributed by atoms with Gasteiger partial charge in [-0.25, -0.2) is 4.79 Å². The summed E-state index contributed by atoms with van der Waals surface area (Å²) in [6, 6.07) is 0. The van der Waals surface area contributed by atoms with Gasteiger partial charge in [0.2, 0.25) is 0 Å². The van der Waals surface area contributed by atoms with Crippen molar-refractivity contribution < 1.29 is 28.6 Å². The molecule has 0 unspecified atom stereocenters. The van der Waals surface area contributed by atoms with Crippen molar-refractivity contribution in [1.29, 1.82) is 0 Å². The van der Waals surface area contributed by atoms with E-state index in [2.05, 4.69) is 11.8 Å². The highest BCUT2D eigenvalue weighted by atomic mass is 16.5. The van der Waals surface area contributed by atoms with Crippen molar-refractivity contribution in [2.24, 2.45) is 17.3 Å². The van der Waals surface area contributed by atoms with Crippen LogP contribution in [0.2, 0.25) is 0 Å². The topological polar surface area (TPSA) is 78.9 Å². The number of ether oxygens (including phenoxy) is 3. The van der Waals surface area contributed by atoms with Gasteiger partial charge in [-0.3, -0.25) is 9.59 Å². The molecule has 1 aliphatic rings. The Morgan fingerprint density at radius 1 is 1.12 bits per heavy atom. The second-order valence-corrected chi connectivity index (χ2v) is 5.98. The van der Waals surface area contributed by atoms with E-state index in [1.54, 1.807) is 19.9 Å². The highest BCUT2D eigenvalue weighted by molar-refractivity contribution is 6.00. The zero-order valence-electron chi connectivity index (χ0n) is 15.7. The van der Waals surface area contributed by atoms with Gasteiger partial charge in [0.05, 0.1) is 20.8 Å². The molecule has 2 atom stereocenters. The molecule has 1 saturated carbocycles. The highest BCUT2D eigenvalue weighted by Crippen LogP contribution is 2.41. The monoisotopic (exact) mass is 362 g/mol. The molecular weight excluding hydrogens is 336 g/mol. The van der Waals surface area contributed by atoms with E-state index in [-0.39, 0.29) is 30.6 Å². The number of esters is 3. The Balaban J connectivity index is 2.76. The van der Waals surface area contributed by atoms with Gasteiger partial charge in [0.15, 0.2) is 5.41 Å². The Morgan fingerprint density at radius 2 is 1.73 bits per heavy atom. The van der Waals surface area contributed by atoms with E-state index in [9.17, 15) is 14.4 Å². The van der Waals surface area contributed by atoms with Crippen molar-refractivity contribution in [2.45, 2.75) is 33.1 Å². The second-order valence-electron chi connectivity index (χ2n) is 5.98. The molecule has 0 spiro atoms. The van der Waals surface area contributed by atoms with Crippen molar-refractivity contribution in [2.75, 3.05) is 20.8 Å². The van der Waals surface area contributed by atoms with Crippen LogP contribution >= 0.6 is 0 Å². The summed E-state index contributed by atoms with van der Waals surface area (Å²) in [5, 5.41) is 0. The van der Waals surface area contributed by atoms with Gasteiger partial charge in [-0.1, -0.05) is 18.2 Å². The summed E-state index contributed by atoms with van der Waals surface area (Å²) in [7, 11) is 2.47. The molecule has 0 saturated heterocycles. The minimum Gasteiger partial charge on any atom is -0.468 e. The molecule has 0 aromatic heterocycles. The van der Waals surface area contributed by atoms with Gasteiger partial charge in [0.1, 0.15) is 0 Å². The van der Waals surface area contributed by atoms with Crippen LogP contribution in [0.15, 0.2) is 24.3 Å². The maximum atomic E-state index is 12.2. The molecule has 0 amide bonds. The lowest BCUT2D eigenvalue weighted by Crippen LogP contribution is -2.40. The van der Waals surface area contributed by atoms with Crippen LogP contribution in [-0.4, -0.2) is 38.7 Å². The number of hydrogen-bond acceptors (Lipinski definition) is 6. The molecule has 6 nitrogen and oxygen atoms in total. The van der Waals surface area contributed by atoms with E-state index in [0.717, 1.165) is 6.42 Å². The molecule has 0 aromatic rings. The fourth-order valence-electron chi connectivity index (χ4n) is 2.61. The summed E-state index contributed by atoms with van der Waals surface area (Å²) in [4.78, 5) is 35.8. The summed E-state index contributed by atoms with van der Waals surface area (Å²) in [5.74, 6) is 4.33. The van der Waals surface area contributed by atoms with Crippen LogP contribution in [0.5, 0.6) is 0 Å². The number of rotatable bonds is 9.